The number of carbonyl (C=O) groups is 1. The van der Waals surface area contributed by atoms with E-state index in [-0.39, 0.29) is 10.8 Å². The van der Waals surface area contributed by atoms with Crippen LogP contribution >= 0.6 is 0 Å². The summed E-state index contributed by atoms with van der Waals surface area (Å²) in [5, 5.41) is 0. The number of halogens is 3. The number of nitrogens with one attached hydrogen (secondary N) is 1. The molecule has 0 radical (unpaired) electrons. The molecule has 2 aromatic carbocycles. The summed E-state index contributed by atoms with van der Waals surface area (Å²) < 4.78 is 67.7. The highest BCUT2D eigenvalue weighted by Gasteiger charge is 2.31. The molecule has 0 bridgehead atoms. The summed E-state index contributed by atoms with van der Waals surface area (Å²) in [4.78, 5) is 13.0. The van der Waals surface area contributed by atoms with Crippen molar-refractivity contribution in [1.29, 1.82) is 0 Å². The maximum atomic E-state index is 12.5. The Morgan fingerprint density at radius 3 is 2.39 bits per heavy atom. The number of ether oxygens (including phenoxy) is 1. The molecule has 1 aliphatic heterocycles. The molecule has 0 aromatic heterocycles. The van der Waals surface area contributed by atoms with Gasteiger partial charge in [0.15, 0.2) is 0 Å². The van der Waals surface area contributed by atoms with Gasteiger partial charge in [-0.2, -0.15) is 0 Å². The maximum absolute atomic E-state index is 12.5. The highest BCUT2D eigenvalue weighted by Crippen LogP contribution is 2.26. The number of amides is 1. The van der Waals surface area contributed by atoms with Gasteiger partial charge in [0.2, 0.25) is 5.91 Å². The van der Waals surface area contributed by atoms with Crippen LogP contribution in [0.5, 0.6) is 5.75 Å². The molecule has 2 aromatic rings. The smallest absolute Gasteiger partial charge is 0.406 e. The van der Waals surface area contributed by atoms with Gasteiger partial charge in [-0.15, -0.1) is 13.2 Å². The van der Waals surface area contributed by atoms with Gasteiger partial charge in [-0.25, -0.2) is 8.42 Å². The van der Waals surface area contributed by atoms with Crippen LogP contribution in [0.3, 0.4) is 0 Å². The highest BCUT2D eigenvalue weighted by molar-refractivity contribution is 7.92. The van der Waals surface area contributed by atoms with E-state index in [9.17, 15) is 26.4 Å². The third-order valence-electron chi connectivity index (χ3n) is 4.28. The number of nitrogens with zero attached hydrogens (tertiary/aromatic N) is 1. The number of benzene rings is 2. The van der Waals surface area contributed by atoms with Gasteiger partial charge in [0, 0.05) is 25.7 Å². The van der Waals surface area contributed by atoms with Gasteiger partial charge in [0.05, 0.1) is 4.90 Å². The molecule has 0 atom stereocenters. The highest BCUT2D eigenvalue weighted by atomic mass is 32.2. The second kappa shape index (κ2) is 7.34. The van der Waals surface area contributed by atoms with E-state index in [1.807, 2.05) is 0 Å². The third kappa shape index (κ3) is 4.75. The van der Waals surface area contributed by atoms with Gasteiger partial charge in [0.1, 0.15) is 5.75 Å². The number of hydrogen-bond acceptors (Lipinski definition) is 4. The van der Waals surface area contributed by atoms with E-state index < -0.39 is 22.1 Å². The lowest BCUT2D eigenvalue weighted by Gasteiger charge is -2.28. The minimum Gasteiger partial charge on any atom is -0.406 e. The fourth-order valence-corrected chi connectivity index (χ4v) is 3.97. The second-order valence-electron chi connectivity index (χ2n) is 6.30. The fourth-order valence-electron chi connectivity index (χ4n) is 2.92. The molecule has 6 nitrogen and oxygen atoms in total. The predicted octanol–water partition coefficient (Wildman–Crippen LogP) is 3.29. The second-order valence-corrected chi connectivity index (χ2v) is 7.98. The standard InChI is InChI=1S/C18H17F3N2O4S/c1-12(24)23-9-8-13-2-3-15(10-14(13)11-23)22-28(25,26)17-6-4-16(5-7-17)27-18(19,20)21/h2-7,10,22H,8-9,11H2,1H3. The first-order valence-electron chi connectivity index (χ1n) is 8.29. The Bertz CT molecular complexity index is 989. The van der Waals surface area contributed by atoms with Gasteiger partial charge >= 0.3 is 6.36 Å². The minimum absolute atomic E-state index is 0.0576. The van der Waals surface area contributed by atoms with E-state index in [1.54, 1.807) is 23.1 Å². The molecule has 1 amide bonds. The Kier molecular flexibility index (Phi) is 5.24. The van der Waals surface area contributed by atoms with Crippen molar-refractivity contribution in [2.45, 2.75) is 31.1 Å². The van der Waals surface area contributed by atoms with E-state index in [1.165, 1.54) is 6.92 Å². The first kappa shape index (κ1) is 20.0. The van der Waals surface area contributed by atoms with Crippen LogP contribution in [-0.4, -0.2) is 32.1 Å². The predicted molar refractivity (Wildman–Crippen MR) is 95.2 cm³/mol. The molecular formula is C18H17F3N2O4S. The van der Waals surface area contributed by atoms with Crippen LogP contribution < -0.4 is 9.46 Å². The van der Waals surface area contributed by atoms with Crippen molar-refractivity contribution in [2.24, 2.45) is 0 Å². The summed E-state index contributed by atoms with van der Waals surface area (Å²) >= 11 is 0. The lowest BCUT2D eigenvalue weighted by Crippen LogP contribution is -2.34. The first-order valence-corrected chi connectivity index (χ1v) is 9.78. The Morgan fingerprint density at radius 2 is 1.79 bits per heavy atom. The minimum atomic E-state index is -4.85. The fraction of sp³-hybridized carbons (Fsp3) is 0.278. The number of alkyl halides is 3. The molecule has 28 heavy (non-hydrogen) atoms. The largest absolute Gasteiger partial charge is 0.573 e. The number of fused-ring (bicyclic) bond motifs is 1. The monoisotopic (exact) mass is 414 g/mol. The van der Waals surface area contributed by atoms with E-state index >= 15 is 0 Å². The number of anilines is 1. The van der Waals surface area contributed by atoms with Crippen LogP contribution in [0.4, 0.5) is 18.9 Å². The number of carbonyl (C=O) groups excluding carboxylic acids is 1. The number of rotatable bonds is 4. The Hall–Kier alpha value is -2.75. The average molecular weight is 414 g/mol. The van der Waals surface area contributed by atoms with E-state index in [0.717, 1.165) is 35.4 Å². The zero-order valence-electron chi connectivity index (χ0n) is 14.8. The topological polar surface area (TPSA) is 75.7 Å². The van der Waals surface area contributed by atoms with Crippen molar-refractivity contribution >= 4 is 21.6 Å². The molecule has 0 saturated carbocycles. The van der Waals surface area contributed by atoms with Crippen molar-refractivity contribution in [3.8, 4) is 5.75 Å². The van der Waals surface area contributed by atoms with Crippen LogP contribution in [0, 0.1) is 0 Å². The molecule has 0 aliphatic carbocycles. The zero-order valence-corrected chi connectivity index (χ0v) is 15.6. The van der Waals surface area contributed by atoms with Crippen LogP contribution in [-0.2, 0) is 27.8 Å². The molecular weight excluding hydrogens is 397 g/mol. The summed E-state index contributed by atoms with van der Waals surface area (Å²) in [6, 6.07) is 8.98. The lowest BCUT2D eigenvalue weighted by molar-refractivity contribution is -0.274. The molecule has 10 heteroatoms. The van der Waals surface area contributed by atoms with Gasteiger partial charge in [-0.3, -0.25) is 9.52 Å². The van der Waals surface area contributed by atoms with Gasteiger partial charge in [-0.1, -0.05) is 6.07 Å². The Morgan fingerprint density at radius 1 is 1.11 bits per heavy atom. The summed E-state index contributed by atoms with van der Waals surface area (Å²) in [5.41, 5.74) is 2.18. The summed E-state index contributed by atoms with van der Waals surface area (Å²) in [6.45, 7) is 2.48. The molecule has 1 N–H and O–H groups in total. The molecule has 1 aliphatic rings. The molecule has 0 unspecified atom stereocenters. The summed E-state index contributed by atoms with van der Waals surface area (Å²) in [7, 11) is -4.00. The lowest BCUT2D eigenvalue weighted by atomic mass is 9.99. The van der Waals surface area contributed by atoms with Gasteiger partial charge in [-0.05, 0) is 53.9 Å². The van der Waals surface area contributed by atoms with Crippen molar-refractivity contribution < 1.29 is 31.1 Å². The molecule has 0 saturated heterocycles. The van der Waals surface area contributed by atoms with Crippen molar-refractivity contribution in [3.05, 3.63) is 53.6 Å². The van der Waals surface area contributed by atoms with Crippen molar-refractivity contribution in [3.63, 3.8) is 0 Å². The van der Waals surface area contributed by atoms with Crippen molar-refractivity contribution in [1.82, 2.24) is 4.90 Å². The van der Waals surface area contributed by atoms with Gasteiger partial charge < -0.3 is 9.64 Å². The quantitative estimate of drug-likeness (QED) is 0.833. The Labute approximate surface area is 160 Å². The van der Waals surface area contributed by atoms with E-state index in [2.05, 4.69) is 9.46 Å². The SMILES string of the molecule is CC(=O)N1CCc2ccc(NS(=O)(=O)c3ccc(OC(F)(F)F)cc3)cc2C1. The van der Waals surface area contributed by atoms with Crippen molar-refractivity contribution in [2.75, 3.05) is 11.3 Å². The number of hydrogen-bond donors (Lipinski definition) is 1. The van der Waals surface area contributed by atoms with Crippen LogP contribution in [0.15, 0.2) is 47.4 Å². The number of sulfonamides is 1. The summed E-state index contributed by atoms with van der Waals surface area (Å²) in [5.74, 6) is -0.567. The van der Waals surface area contributed by atoms with Gasteiger partial charge in [0.25, 0.3) is 10.0 Å². The van der Waals surface area contributed by atoms with E-state index in [0.29, 0.717) is 25.2 Å². The molecule has 3 rings (SSSR count). The molecule has 0 spiro atoms. The molecule has 0 fully saturated rings. The normalized spacial score (nSPS) is 14.4. The van der Waals surface area contributed by atoms with Crippen LogP contribution in [0.1, 0.15) is 18.1 Å². The average Bonchev–Trinajstić information content (AvgIpc) is 2.59. The molecule has 1 heterocycles. The Balaban J connectivity index is 1.77. The summed E-state index contributed by atoms with van der Waals surface area (Å²) in [6.07, 6.45) is -4.17. The molecule has 150 valence electrons. The third-order valence-corrected chi connectivity index (χ3v) is 5.68. The first-order chi connectivity index (χ1) is 13.0. The maximum Gasteiger partial charge on any atom is 0.573 e. The zero-order chi connectivity index (χ0) is 20.5. The van der Waals surface area contributed by atoms with Crippen LogP contribution in [0.25, 0.3) is 0 Å². The van der Waals surface area contributed by atoms with E-state index in [4.69, 9.17) is 0 Å². The van der Waals surface area contributed by atoms with Crippen LogP contribution in [0.2, 0.25) is 0 Å².